The van der Waals surface area contributed by atoms with Crippen molar-refractivity contribution >= 4 is 29.1 Å². The summed E-state index contributed by atoms with van der Waals surface area (Å²) in [4.78, 5) is 46.1. The van der Waals surface area contributed by atoms with E-state index in [1.54, 1.807) is 12.4 Å². The van der Waals surface area contributed by atoms with E-state index < -0.39 is 0 Å². The van der Waals surface area contributed by atoms with E-state index in [2.05, 4.69) is 78.7 Å². The van der Waals surface area contributed by atoms with Crippen LogP contribution in [-0.2, 0) is 5.41 Å². The molecule has 11 heteroatoms. The maximum absolute atomic E-state index is 13.1. The van der Waals surface area contributed by atoms with Crippen molar-refractivity contribution in [3.8, 4) is 0 Å². The van der Waals surface area contributed by atoms with E-state index in [0.717, 1.165) is 74.6 Å². The quantitative estimate of drug-likeness (QED) is 0.314. The lowest BCUT2D eigenvalue weighted by Crippen LogP contribution is -2.52. The first-order chi connectivity index (χ1) is 21.9. The number of hydrogen-bond donors (Lipinski definition) is 2. The molecule has 7 rings (SSSR count). The highest BCUT2D eigenvalue weighted by Crippen LogP contribution is 2.39. The molecule has 3 amide bonds. The predicted octanol–water partition coefficient (Wildman–Crippen LogP) is 3.79. The lowest BCUT2D eigenvalue weighted by Gasteiger charge is -2.39. The molecule has 0 aliphatic carbocycles. The van der Waals surface area contributed by atoms with Gasteiger partial charge >= 0.3 is 6.03 Å². The molecular formula is C34H41N9O2. The van der Waals surface area contributed by atoms with Crippen molar-refractivity contribution in [2.24, 2.45) is 0 Å². The van der Waals surface area contributed by atoms with Crippen molar-refractivity contribution in [1.29, 1.82) is 0 Å². The van der Waals surface area contributed by atoms with Gasteiger partial charge in [-0.25, -0.2) is 19.7 Å². The van der Waals surface area contributed by atoms with E-state index in [4.69, 9.17) is 0 Å². The number of anilines is 2. The van der Waals surface area contributed by atoms with E-state index in [9.17, 15) is 9.59 Å². The van der Waals surface area contributed by atoms with Gasteiger partial charge in [0.2, 0.25) is 0 Å². The van der Waals surface area contributed by atoms with Gasteiger partial charge in [-0.1, -0.05) is 37.3 Å². The number of nitrogens with one attached hydrogen (secondary N) is 2. The minimum absolute atomic E-state index is 0.0749. The Hall–Kier alpha value is -4.67. The Morgan fingerprint density at radius 3 is 2.49 bits per heavy atom. The van der Waals surface area contributed by atoms with Gasteiger partial charge in [-0.15, -0.1) is 0 Å². The average molecular weight is 608 g/mol. The SMILES string of the molecule is CC[C@]1(c2ccccc2)CCN(c2cnc(C(=O)NCCN3CC4(CCN(c5nccn6ccnc56)CC4)NC3=O)c(C)c2)C1. The van der Waals surface area contributed by atoms with Gasteiger partial charge in [-0.05, 0) is 49.8 Å². The van der Waals surface area contributed by atoms with Crippen molar-refractivity contribution < 1.29 is 9.59 Å². The van der Waals surface area contributed by atoms with Crippen molar-refractivity contribution in [2.75, 3.05) is 55.6 Å². The van der Waals surface area contributed by atoms with E-state index in [1.165, 1.54) is 5.56 Å². The number of benzene rings is 1. The number of rotatable bonds is 8. The maximum atomic E-state index is 13.1. The molecule has 6 heterocycles. The van der Waals surface area contributed by atoms with E-state index in [0.29, 0.717) is 25.3 Å². The van der Waals surface area contributed by atoms with Crippen LogP contribution in [0.25, 0.3) is 5.65 Å². The maximum Gasteiger partial charge on any atom is 0.318 e. The van der Waals surface area contributed by atoms with E-state index >= 15 is 0 Å². The summed E-state index contributed by atoms with van der Waals surface area (Å²) < 4.78 is 1.97. The fourth-order valence-electron chi connectivity index (χ4n) is 7.43. The summed E-state index contributed by atoms with van der Waals surface area (Å²) in [6.45, 7) is 9.12. The van der Waals surface area contributed by atoms with Crippen molar-refractivity contribution in [1.82, 2.24) is 34.9 Å². The Morgan fingerprint density at radius 2 is 1.73 bits per heavy atom. The first kappa shape index (κ1) is 29.1. The standard InChI is InChI=1S/C34H41N9O2/c1-3-33(26-7-5-4-6-8-26)9-15-42(23-33)27-21-25(2)28(38-22-27)31(44)37-14-20-43-24-34(39-32(43)45)10-16-40(17-11-34)29-30-36-13-19-41(30)18-12-35-29/h4-8,12-13,18-19,21-22H,3,9-11,14-17,20,23-24H2,1-2H3,(H,37,44)(H,39,45)/t33-/m0/s1. The molecule has 1 spiro atoms. The number of carbonyl (C=O) groups excluding carboxylic acids is 2. The van der Waals surface area contributed by atoms with Gasteiger partial charge in [0.05, 0.1) is 17.4 Å². The van der Waals surface area contributed by atoms with Gasteiger partial charge in [-0.3, -0.25) is 4.79 Å². The molecule has 0 saturated carbocycles. The minimum atomic E-state index is -0.266. The number of nitrogens with zero attached hydrogens (tertiary/aromatic N) is 7. The molecule has 3 saturated heterocycles. The Balaban J connectivity index is 0.915. The van der Waals surface area contributed by atoms with Crippen LogP contribution in [0.4, 0.5) is 16.3 Å². The van der Waals surface area contributed by atoms with Gasteiger partial charge in [0.1, 0.15) is 5.69 Å². The highest BCUT2D eigenvalue weighted by molar-refractivity contribution is 5.94. The molecule has 45 heavy (non-hydrogen) atoms. The van der Waals surface area contributed by atoms with Crippen LogP contribution in [0, 0.1) is 6.92 Å². The largest absolute Gasteiger partial charge is 0.369 e. The number of imidazole rings is 1. The molecule has 234 valence electrons. The van der Waals surface area contributed by atoms with Gasteiger partial charge in [0, 0.05) is 76.0 Å². The average Bonchev–Trinajstić information content (AvgIpc) is 3.80. The summed E-state index contributed by atoms with van der Waals surface area (Å²) >= 11 is 0. The number of aromatic nitrogens is 4. The third-order valence-electron chi connectivity index (χ3n) is 10.2. The van der Waals surface area contributed by atoms with Crippen LogP contribution in [0.2, 0.25) is 0 Å². The van der Waals surface area contributed by atoms with Crippen LogP contribution in [0.1, 0.15) is 54.2 Å². The second-order valence-corrected chi connectivity index (χ2v) is 12.8. The number of hydrogen-bond acceptors (Lipinski definition) is 7. The first-order valence-corrected chi connectivity index (χ1v) is 16.0. The monoisotopic (exact) mass is 607 g/mol. The Morgan fingerprint density at radius 1 is 0.978 bits per heavy atom. The number of fused-ring (bicyclic) bond motifs is 1. The summed E-state index contributed by atoms with van der Waals surface area (Å²) in [5, 5.41) is 6.24. The molecule has 4 aromatic rings. The summed E-state index contributed by atoms with van der Waals surface area (Å²) in [5.74, 6) is 0.663. The number of amides is 3. The molecule has 0 radical (unpaired) electrons. The molecule has 0 bridgehead atoms. The van der Waals surface area contributed by atoms with Crippen LogP contribution in [0.3, 0.4) is 0 Å². The van der Waals surface area contributed by atoms with Crippen molar-refractivity contribution in [3.63, 3.8) is 0 Å². The number of pyridine rings is 1. The number of carbonyl (C=O) groups is 2. The fraction of sp³-hybridized carbons (Fsp3) is 0.441. The van der Waals surface area contributed by atoms with E-state index in [-0.39, 0.29) is 22.9 Å². The second kappa shape index (κ2) is 11.7. The van der Waals surface area contributed by atoms with Gasteiger partial charge in [0.15, 0.2) is 11.5 Å². The molecule has 3 aromatic heterocycles. The number of piperidine rings is 1. The van der Waals surface area contributed by atoms with Crippen molar-refractivity contribution in [2.45, 2.75) is 50.5 Å². The van der Waals surface area contributed by atoms with Gasteiger partial charge < -0.3 is 29.7 Å². The summed E-state index contributed by atoms with van der Waals surface area (Å²) in [6, 6.07) is 12.8. The van der Waals surface area contributed by atoms with Crippen LogP contribution in [0.15, 0.2) is 67.4 Å². The molecule has 2 N–H and O–H groups in total. The van der Waals surface area contributed by atoms with Crippen LogP contribution < -0.4 is 20.4 Å². The topological polar surface area (TPSA) is 111 Å². The third kappa shape index (κ3) is 5.44. The number of aryl methyl sites for hydroxylation is 1. The fourth-order valence-corrected chi connectivity index (χ4v) is 7.43. The summed E-state index contributed by atoms with van der Waals surface area (Å²) in [5.41, 5.74) is 4.43. The molecule has 3 aliphatic rings. The summed E-state index contributed by atoms with van der Waals surface area (Å²) in [6.07, 6.45) is 13.0. The Bertz CT molecular complexity index is 1700. The first-order valence-electron chi connectivity index (χ1n) is 16.0. The Labute approximate surface area is 263 Å². The predicted molar refractivity (Wildman–Crippen MR) is 174 cm³/mol. The molecule has 1 aromatic carbocycles. The van der Waals surface area contributed by atoms with Crippen molar-refractivity contribution in [3.05, 3.63) is 84.2 Å². The van der Waals surface area contributed by atoms with Crippen LogP contribution in [0.5, 0.6) is 0 Å². The molecule has 1 atom stereocenters. The van der Waals surface area contributed by atoms with E-state index in [1.807, 2.05) is 34.8 Å². The molecular weight excluding hydrogens is 566 g/mol. The highest BCUT2D eigenvalue weighted by Gasteiger charge is 2.44. The normalized spacial score (nSPS) is 21.1. The molecule has 0 unspecified atom stereocenters. The van der Waals surface area contributed by atoms with Crippen LogP contribution in [-0.4, -0.2) is 87.5 Å². The highest BCUT2D eigenvalue weighted by atomic mass is 16.2. The number of urea groups is 1. The molecule has 3 aliphatic heterocycles. The molecule has 3 fully saturated rings. The second-order valence-electron chi connectivity index (χ2n) is 12.8. The molecule has 11 nitrogen and oxygen atoms in total. The van der Waals surface area contributed by atoms with Gasteiger partial charge in [0.25, 0.3) is 5.91 Å². The summed E-state index contributed by atoms with van der Waals surface area (Å²) in [7, 11) is 0. The third-order valence-corrected chi connectivity index (χ3v) is 10.2. The lowest BCUT2D eigenvalue weighted by molar-refractivity contribution is 0.0944. The zero-order valence-electron chi connectivity index (χ0n) is 26.1. The Kier molecular flexibility index (Phi) is 7.55. The smallest absolute Gasteiger partial charge is 0.318 e. The zero-order chi connectivity index (χ0) is 31.0. The van der Waals surface area contributed by atoms with Crippen LogP contribution >= 0.6 is 0 Å². The minimum Gasteiger partial charge on any atom is -0.369 e. The lowest BCUT2D eigenvalue weighted by atomic mass is 9.77. The van der Waals surface area contributed by atoms with Gasteiger partial charge in [-0.2, -0.15) is 0 Å². The zero-order valence-corrected chi connectivity index (χ0v) is 26.1.